The van der Waals surface area contributed by atoms with Crippen LogP contribution in [0.2, 0.25) is 0 Å². The van der Waals surface area contributed by atoms with Crippen LogP contribution in [0.1, 0.15) is 30.1 Å². The van der Waals surface area contributed by atoms with E-state index < -0.39 is 44.9 Å². The van der Waals surface area contributed by atoms with Gasteiger partial charge in [-0.05, 0) is 43.0 Å². The summed E-state index contributed by atoms with van der Waals surface area (Å²) in [4.78, 5) is 2.69. The van der Waals surface area contributed by atoms with Gasteiger partial charge in [0.05, 0.1) is 23.6 Å². The minimum Gasteiger partial charge on any atom is -0.406 e. The molecule has 2 aliphatic rings. The standard InChI is InChI=1S/C20H14F6N4O3S/c21-19(22,23)16-6-4-12(8-27-16)34(31,32)30-15-7-11(33-20(24,25)26)3-5-13(15)17-14(9-28-29-17)18(30)10-1-2-10/h3-10,18H,1-2H2,(H,28,29)/t18-/m1/s1. The maximum Gasteiger partial charge on any atom is 0.573 e. The third kappa shape index (κ3) is 3.85. The molecule has 5 rings (SSSR count). The number of sulfonamides is 1. The second kappa shape index (κ2) is 7.35. The minimum atomic E-state index is -5.01. The molecule has 1 N–H and O–H groups in total. The number of ether oxygens (including phenoxy) is 1. The smallest absolute Gasteiger partial charge is 0.406 e. The molecule has 0 radical (unpaired) electrons. The van der Waals surface area contributed by atoms with E-state index in [1.807, 2.05) is 0 Å². The number of hydrogen-bond donors (Lipinski definition) is 1. The fourth-order valence-electron chi connectivity index (χ4n) is 4.06. The van der Waals surface area contributed by atoms with Gasteiger partial charge in [-0.1, -0.05) is 0 Å². The lowest BCUT2D eigenvalue weighted by Crippen LogP contribution is -2.38. The third-order valence-electron chi connectivity index (χ3n) is 5.60. The first-order valence-electron chi connectivity index (χ1n) is 9.87. The topological polar surface area (TPSA) is 88.2 Å². The molecule has 2 aromatic heterocycles. The van der Waals surface area contributed by atoms with Crippen molar-refractivity contribution in [3.05, 3.63) is 54.0 Å². The predicted octanol–water partition coefficient (Wildman–Crippen LogP) is 5.05. The molecule has 0 amide bonds. The summed E-state index contributed by atoms with van der Waals surface area (Å²) < 4.78 is 110. The van der Waals surface area contributed by atoms with Crippen molar-refractivity contribution in [1.29, 1.82) is 0 Å². The van der Waals surface area contributed by atoms with E-state index >= 15 is 0 Å². The SMILES string of the molecule is O=S(=O)(c1ccc(C(F)(F)F)nc1)N1c2cc(OC(F)(F)F)ccc2-c2[nH]ncc2[C@H]1C1CC1. The van der Waals surface area contributed by atoms with Gasteiger partial charge in [0.15, 0.2) is 0 Å². The highest BCUT2D eigenvalue weighted by molar-refractivity contribution is 7.92. The van der Waals surface area contributed by atoms with Gasteiger partial charge < -0.3 is 4.74 Å². The van der Waals surface area contributed by atoms with E-state index in [1.165, 1.54) is 12.3 Å². The van der Waals surface area contributed by atoms with Crippen LogP contribution in [0.4, 0.5) is 32.0 Å². The number of nitrogens with one attached hydrogen (secondary N) is 1. The molecule has 1 atom stereocenters. The fourth-order valence-corrected chi connectivity index (χ4v) is 5.71. The van der Waals surface area contributed by atoms with Crippen molar-refractivity contribution in [2.24, 2.45) is 5.92 Å². The molecule has 0 unspecified atom stereocenters. The summed E-state index contributed by atoms with van der Waals surface area (Å²) in [6.07, 6.45) is -6.45. The molecular formula is C20H14F6N4O3S. The lowest BCUT2D eigenvalue weighted by molar-refractivity contribution is -0.274. The van der Waals surface area contributed by atoms with Crippen molar-refractivity contribution < 1.29 is 39.5 Å². The lowest BCUT2D eigenvalue weighted by Gasteiger charge is -2.37. The number of halogens is 6. The maximum atomic E-state index is 13.7. The summed E-state index contributed by atoms with van der Waals surface area (Å²) in [6.45, 7) is 0. The maximum absolute atomic E-state index is 13.7. The summed E-state index contributed by atoms with van der Waals surface area (Å²) in [5.41, 5.74) is -0.176. The van der Waals surface area contributed by atoms with Gasteiger partial charge in [0, 0.05) is 23.4 Å². The molecule has 3 heterocycles. The van der Waals surface area contributed by atoms with Crippen LogP contribution in [-0.4, -0.2) is 30.0 Å². The average molecular weight is 504 g/mol. The first kappa shape index (κ1) is 22.5. The monoisotopic (exact) mass is 504 g/mol. The number of hydrogen-bond acceptors (Lipinski definition) is 5. The Kier molecular flexibility index (Phi) is 4.87. The van der Waals surface area contributed by atoms with E-state index in [0.29, 0.717) is 36.4 Å². The Labute approximate surface area is 188 Å². The van der Waals surface area contributed by atoms with E-state index in [9.17, 15) is 34.8 Å². The molecule has 34 heavy (non-hydrogen) atoms. The number of nitrogens with zero attached hydrogens (tertiary/aromatic N) is 3. The van der Waals surface area contributed by atoms with Gasteiger partial charge in [-0.3, -0.25) is 14.4 Å². The molecular weight excluding hydrogens is 490 g/mol. The minimum absolute atomic E-state index is 0.115. The van der Waals surface area contributed by atoms with Crippen molar-refractivity contribution in [2.45, 2.75) is 36.3 Å². The molecule has 1 fully saturated rings. The van der Waals surface area contributed by atoms with Crippen LogP contribution >= 0.6 is 0 Å². The van der Waals surface area contributed by atoms with Crippen LogP contribution in [0.25, 0.3) is 11.3 Å². The Morgan fingerprint density at radius 3 is 2.35 bits per heavy atom. The number of rotatable bonds is 4. The zero-order valence-corrected chi connectivity index (χ0v) is 17.7. The Morgan fingerprint density at radius 2 is 1.76 bits per heavy atom. The normalized spacial score (nSPS) is 18.4. The summed E-state index contributed by atoms with van der Waals surface area (Å²) >= 11 is 0. The van der Waals surface area contributed by atoms with E-state index in [2.05, 4.69) is 19.9 Å². The van der Waals surface area contributed by atoms with E-state index in [4.69, 9.17) is 0 Å². The number of aromatic amines is 1. The van der Waals surface area contributed by atoms with Gasteiger partial charge >= 0.3 is 12.5 Å². The van der Waals surface area contributed by atoms with Crippen LogP contribution in [0.15, 0.2) is 47.6 Å². The van der Waals surface area contributed by atoms with E-state index in [1.54, 1.807) is 0 Å². The van der Waals surface area contributed by atoms with Gasteiger partial charge in [0.25, 0.3) is 10.0 Å². The molecule has 14 heteroatoms. The molecule has 7 nitrogen and oxygen atoms in total. The zero-order valence-electron chi connectivity index (χ0n) is 16.9. The number of anilines is 1. The number of H-pyrrole nitrogens is 1. The highest BCUT2D eigenvalue weighted by Gasteiger charge is 2.48. The average Bonchev–Trinajstić information content (AvgIpc) is 3.46. The fraction of sp³-hybridized carbons (Fsp3) is 0.300. The van der Waals surface area contributed by atoms with Crippen molar-refractivity contribution in [3.8, 4) is 17.0 Å². The lowest BCUT2D eigenvalue weighted by atomic mass is 9.93. The van der Waals surface area contributed by atoms with E-state index in [0.717, 1.165) is 22.5 Å². The van der Waals surface area contributed by atoms with Crippen LogP contribution < -0.4 is 9.04 Å². The molecule has 3 aromatic rings. The van der Waals surface area contributed by atoms with E-state index in [-0.39, 0.29) is 17.2 Å². The highest BCUT2D eigenvalue weighted by Crippen LogP contribution is 2.55. The largest absolute Gasteiger partial charge is 0.573 e. The third-order valence-corrected chi connectivity index (χ3v) is 7.38. The van der Waals surface area contributed by atoms with Crippen molar-refractivity contribution in [2.75, 3.05) is 4.31 Å². The number of alkyl halides is 6. The summed E-state index contributed by atoms with van der Waals surface area (Å²) in [5, 5.41) is 6.74. The van der Waals surface area contributed by atoms with Gasteiger partial charge in [-0.25, -0.2) is 8.42 Å². The number of fused-ring (bicyclic) bond motifs is 3. The summed E-state index contributed by atoms with van der Waals surface area (Å²) in [7, 11) is -4.55. The highest BCUT2D eigenvalue weighted by atomic mass is 32.2. The van der Waals surface area contributed by atoms with Crippen molar-refractivity contribution >= 4 is 15.7 Å². The molecule has 1 saturated carbocycles. The van der Waals surface area contributed by atoms with Crippen molar-refractivity contribution in [3.63, 3.8) is 0 Å². The molecule has 1 aliphatic carbocycles. The van der Waals surface area contributed by atoms with Gasteiger partial charge in [0.1, 0.15) is 16.3 Å². The molecule has 0 saturated heterocycles. The zero-order chi connectivity index (χ0) is 24.5. The van der Waals surface area contributed by atoms with Gasteiger partial charge in [0.2, 0.25) is 0 Å². The second-order valence-corrected chi connectivity index (χ2v) is 9.70. The Bertz CT molecular complexity index is 1350. The first-order valence-corrected chi connectivity index (χ1v) is 11.3. The Balaban J connectivity index is 1.68. The number of aromatic nitrogens is 3. The van der Waals surface area contributed by atoms with Gasteiger partial charge in [-0.2, -0.15) is 18.3 Å². The first-order chi connectivity index (χ1) is 15.9. The Hall–Kier alpha value is -3.29. The van der Waals surface area contributed by atoms with Crippen LogP contribution in [-0.2, 0) is 16.2 Å². The van der Waals surface area contributed by atoms with Crippen LogP contribution in [0.5, 0.6) is 5.75 Å². The van der Waals surface area contributed by atoms with Gasteiger partial charge in [-0.15, -0.1) is 13.2 Å². The predicted molar refractivity (Wildman–Crippen MR) is 105 cm³/mol. The van der Waals surface area contributed by atoms with Crippen LogP contribution in [0, 0.1) is 5.92 Å². The Morgan fingerprint density at radius 1 is 1.03 bits per heavy atom. The number of benzene rings is 1. The van der Waals surface area contributed by atoms with Crippen LogP contribution in [0.3, 0.4) is 0 Å². The summed E-state index contributed by atoms with van der Waals surface area (Å²) in [6, 6.07) is 3.74. The molecule has 1 aliphatic heterocycles. The second-order valence-electron chi connectivity index (χ2n) is 7.89. The quantitative estimate of drug-likeness (QED) is 0.503. The molecule has 0 spiro atoms. The summed E-state index contributed by atoms with van der Waals surface area (Å²) in [5.74, 6) is -0.802. The molecule has 180 valence electrons. The van der Waals surface area contributed by atoms with Crippen molar-refractivity contribution in [1.82, 2.24) is 15.2 Å². The molecule has 1 aromatic carbocycles. The molecule has 0 bridgehead atoms. The number of pyridine rings is 1.